The van der Waals surface area contributed by atoms with Gasteiger partial charge in [-0.05, 0) is 30.2 Å². The number of rotatable bonds is 6. The lowest BCUT2D eigenvalue weighted by Crippen LogP contribution is -2.44. The Morgan fingerprint density at radius 3 is 2.59 bits per heavy atom. The fraction of sp³-hybridized carbons (Fsp3) is 0.250. The minimum atomic E-state index is -1.23. The third-order valence-corrected chi connectivity index (χ3v) is 4.43. The zero-order valence-corrected chi connectivity index (χ0v) is 15.1. The number of nitrogens with zero attached hydrogens (tertiary/aromatic N) is 2. The van der Waals surface area contributed by atoms with Crippen molar-refractivity contribution in [2.24, 2.45) is 10.7 Å². The van der Waals surface area contributed by atoms with E-state index in [0.29, 0.717) is 6.54 Å². The maximum atomic E-state index is 12.8. The van der Waals surface area contributed by atoms with Crippen LogP contribution in [0, 0.1) is 0 Å². The van der Waals surface area contributed by atoms with Gasteiger partial charge in [0, 0.05) is 6.54 Å². The molecule has 0 saturated heterocycles. The quantitative estimate of drug-likeness (QED) is 0.720. The Morgan fingerprint density at radius 2 is 1.89 bits per heavy atom. The van der Waals surface area contributed by atoms with Crippen molar-refractivity contribution in [2.45, 2.75) is 32.0 Å². The first kappa shape index (κ1) is 18.4. The molecule has 7 heteroatoms. The monoisotopic (exact) mass is 366 g/mol. The van der Waals surface area contributed by atoms with Gasteiger partial charge in [-0.3, -0.25) is 14.5 Å². The van der Waals surface area contributed by atoms with Crippen molar-refractivity contribution >= 4 is 17.8 Å². The molecular formula is C20H22N4O3. The SMILES string of the molecule is CC1(CC(=O)NCc2ccccc2)N=C(N)N(Cc2cccc(O)c2)C1=O. The Morgan fingerprint density at radius 1 is 1.19 bits per heavy atom. The van der Waals surface area contributed by atoms with Gasteiger partial charge in [0.1, 0.15) is 11.3 Å². The summed E-state index contributed by atoms with van der Waals surface area (Å²) in [7, 11) is 0. The molecule has 2 amide bonds. The lowest BCUT2D eigenvalue weighted by Gasteiger charge is -2.22. The summed E-state index contributed by atoms with van der Waals surface area (Å²) >= 11 is 0. The van der Waals surface area contributed by atoms with Gasteiger partial charge in [-0.25, -0.2) is 4.99 Å². The molecule has 0 aromatic heterocycles. The largest absolute Gasteiger partial charge is 0.508 e. The number of aliphatic imine (C=N–C) groups is 1. The van der Waals surface area contributed by atoms with Crippen LogP contribution in [0.4, 0.5) is 0 Å². The van der Waals surface area contributed by atoms with Crippen molar-refractivity contribution < 1.29 is 14.7 Å². The van der Waals surface area contributed by atoms with E-state index in [4.69, 9.17) is 5.73 Å². The first-order valence-electron chi connectivity index (χ1n) is 8.63. The maximum absolute atomic E-state index is 12.8. The van der Waals surface area contributed by atoms with Crippen molar-refractivity contribution in [1.29, 1.82) is 0 Å². The van der Waals surface area contributed by atoms with Crippen LogP contribution < -0.4 is 11.1 Å². The number of benzene rings is 2. The molecule has 1 unspecified atom stereocenters. The highest BCUT2D eigenvalue weighted by molar-refractivity contribution is 6.08. The summed E-state index contributed by atoms with van der Waals surface area (Å²) in [4.78, 5) is 30.7. The molecule has 2 aromatic rings. The molecule has 0 spiro atoms. The summed E-state index contributed by atoms with van der Waals surface area (Å²) in [6, 6.07) is 16.1. The number of hydrogen-bond donors (Lipinski definition) is 3. The molecule has 7 nitrogen and oxygen atoms in total. The van der Waals surface area contributed by atoms with Gasteiger partial charge in [-0.2, -0.15) is 0 Å². The Bertz CT molecular complexity index is 882. The standard InChI is InChI=1S/C20H22N4O3/c1-20(11-17(26)22-12-14-6-3-2-4-7-14)18(27)24(19(21)23-20)13-15-8-5-9-16(25)10-15/h2-10,25H,11-13H2,1H3,(H2,21,23)(H,22,26). The first-order chi connectivity index (χ1) is 12.9. The highest BCUT2D eigenvalue weighted by atomic mass is 16.3. The molecule has 140 valence electrons. The summed E-state index contributed by atoms with van der Waals surface area (Å²) in [5.41, 5.74) is 6.39. The predicted molar refractivity (Wildman–Crippen MR) is 102 cm³/mol. The van der Waals surface area contributed by atoms with E-state index in [9.17, 15) is 14.7 Å². The van der Waals surface area contributed by atoms with Gasteiger partial charge in [-0.1, -0.05) is 42.5 Å². The molecule has 1 atom stereocenters. The number of aromatic hydroxyl groups is 1. The van der Waals surface area contributed by atoms with Crippen molar-refractivity contribution in [3.8, 4) is 5.75 Å². The fourth-order valence-electron chi connectivity index (χ4n) is 3.03. The zero-order valence-electron chi connectivity index (χ0n) is 15.1. The molecule has 0 bridgehead atoms. The number of hydrogen-bond acceptors (Lipinski definition) is 5. The van der Waals surface area contributed by atoms with Gasteiger partial charge in [-0.15, -0.1) is 0 Å². The van der Waals surface area contributed by atoms with Crippen LogP contribution in [-0.4, -0.2) is 33.3 Å². The average Bonchev–Trinajstić information content (AvgIpc) is 2.84. The zero-order chi connectivity index (χ0) is 19.4. The van der Waals surface area contributed by atoms with Crippen molar-refractivity contribution in [1.82, 2.24) is 10.2 Å². The number of carbonyl (C=O) groups is 2. The normalized spacial score (nSPS) is 19.1. The van der Waals surface area contributed by atoms with E-state index in [1.54, 1.807) is 31.2 Å². The van der Waals surface area contributed by atoms with Gasteiger partial charge in [0.05, 0.1) is 13.0 Å². The minimum Gasteiger partial charge on any atom is -0.508 e. The van der Waals surface area contributed by atoms with Crippen LogP contribution in [0.5, 0.6) is 5.75 Å². The van der Waals surface area contributed by atoms with Crippen molar-refractivity contribution in [2.75, 3.05) is 0 Å². The lowest BCUT2D eigenvalue weighted by atomic mass is 9.97. The molecule has 0 fully saturated rings. The number of phenols is 1. The summed E-state index contributed by atoms with van der Waals surface area (Å²) in [6.07, 6.45) is -0.0874. The first-order valence-corrected chi connectivity index (χ1v) is 8.63. The predicted octanol–water partition coefficient (Wildman–Crippen LogP) is 1.51. The van der Waals surface area contributed by atoms with E-state index in [1.165, 1.54) is 4.90 Å². The van der Waals surface area contributed by atoms with Crippen LogP contribution in [-0.2, 0) is 22.7 Å². The van der Waals surface area contributed by atoms with Gasteiger partial charge in [0.25, 0.3) is 5.91 Å². The van der Waals surface area contributed by atoms with E-state index >= 15 is 0 Å². The Labute approximate surface area is 157 Å². The number of guanidine groups is 1. The van der Waals surface area contributed by atoms with Crippen LogP contribution >= 0.6 is 0 Å². The average molecular weight is 366 g/mol. The number of nitrogens with one attached hydrogen (secondary N) is 1. The third kappa shape index (κ3) is 4.25. The van der Waals surface area contributed by atoms with Gasteiger partial charge >= 0.3 is 0 Å². The fourth-order valence-corrected chi connectivity index (χ4v) is 3.03. The molecular weight excluding hydrogens is 344 g/mol. The second-order valence-corrected chi connectivity index (χ2v) is 6.74. The van der Waals surface area contributed by atoms with Crippen LogP contribution in [0.2, 0.25) is 0 Å². The van der Waals surface area contributed by atoms with Crippen LogP contribution in [0.25, 0.3) is 0 Å². The van der Waals surface area contributed by atoms with E-state index in [-0.39, 0.29) is 36.5 Å². The molecule has 0 aliphatic carbocycles. The van der Waals surface area contributed by atoms with E-state index in [2.05, 4.69) is 10.3 Å². The number of nitrogens with two attached hydrogens (primary N) is 1. The molecule has 27 heavy (non-hydrogen) atoms. The van der Waals surface area contributed by atoms with Crippen LogP contribution in [0.1, 0.15) is 24.5 Å². The topological polar surface area (TPSA) is 108 Å². The summed E-state index contributed by atoms with van der Waals surface area (Å²) in [5.74, 6) is -0.428. The second-order valence-electron chi connectivity index (χ2n) is 6.74. The summed E-state index contributed by atoms with van der Waals surface area (Å²) in [6.45, 7) is 2.17. The molecule has 4 N–H and O–H groups in total. The molecule has 1 aliphatic heterocycles. The molecule has 0 saturated carbocycles. The Kier molecular flexibility index (Phi) is 5.12. The maximum Gasteiger partial charge on any atom is 0.257 e. The van der Waals surface area contributed by atoms with E-state index < -0.39 is 5.54 Å². The summed E-state index contributed by atoms with van der Waals surface area (Å²) in [5, 5.41) is 12.4. The molecule has 1 heterocycles. The minimum absolute atomic E-state index is 0.0710. The molecule has 2 aromatic carbocycles. The number of phenolic OH excluding ortho intramolecular Hbond substituents is 1. The molecule has 0 radical (unpaired) electrons. The van der Waals surface area contributed by atoms with Gasteiger partial charge < -0.3 is 16.2 Å². The number of carbonyl (C=O) groups excluding carboxylic acids is 2. The van der Waals surface area contributed by atoms with Crippen LogP contribution in [0.15, 0.2) is 59.6 Å². The van der Waals surface area contributed by atoms with Gasteiger partial charge in [0.2, 0.25) is 5.91 Å². The highest BCUT2D eigenvalue weighted by Gasteiger charge is 2.45. The van der Waals surface area contributed by atoms with E-state index in [0.717, 1.165) is 11.1 Å². The Hall–Kier alpha value is -3.35. The van der Waals surface area contributed by atoms with Gasteiger partial charge in [0.15, 0.2) is 5.96 Å². The van der Waals surface area contributed by atoms with Crippen molar-refractivity contribution in [3.63, 3.8) is 0 Å². The second kappa shape index (κ2) is 7.49. The lowest BCUT2D eigenvalue weighted by molar-refractivity contribution is -0.134. The summed E-state index contributed by atoms with van der Waals surface area (Å²) < 4.78 is 0. The van der Waals surface area contributed by atoms with Crippen molar-refractivity contribution in [3.05, 3.63) is 65.7 Å². The molecule has 1 aliphatic rings. The van der Waals surface area contributed by atoms with Crippen LogP contribution in [0.3, 0.4) is 0 Å². The molecule has 3 rings (SSSR count). The highest BCUT2D eigenvalue weighted by Crippen LogP contribution is 2.27. The number of amides is 2. The third-order valence-electron chi connectivity index (χ3n) is 4.43. The Balaban J connectivity index is 1.63. The van der Waals surface area contributed by atoms with E-state index in [1.807, 2.05) is 30.3 Å². The smallest absolute Gasteiger partial charge is 0.257 e.